The number of nitrogens with zero attached hydrogens (tertiary/aromatic N) is 5. The molecular weight excluding hydrogens is 418 g/mol. The van der Waals surface area contributed by atoms with Crippen LogP contribution in [0.3, 0.4) is 0 Å². The minimum absolute atomic E-state index is 0.190. The van der Waals surface area contributed by atoms with Crippen LogP contribution in [0.5, 0.6) is 0 Å². The lowest BCUT2D eigenvalue weighted by Crippen LogP contribution is -2.24. The summed E-state index contributed by atoms with van der Waals surface area (Å²) in [5.41, 5.74) is 2.48. The molecule has 0 fully saturated rings. The van der Waals surface area contributed by atoms with Crippen molar-refractivity contribution in [2.75, 3.05) is 5.32 Å². The largest absolute Gasteiger partial charge is 0.310 e. The van der Waals surface area contributed by atoms with Crippen molar-refractivity contribution in [1.82, 2.24) is 29.5 Å². The third-order valence-electron chi connectivity index (χ3n) is 5.40. The number of benzene rings is 2. The maximum Gasteiger partial charge on any atom is 0.263 e. The van der Waals surface area contributed by atoms with E-state index in [0.717, 1.165) is 11.1 Å². The molecule has 164 valence electrons. The summed E-state index contributed by atoms with van der Waals surface area (Å²) in [5, 5.41) is 11.9. The minimum atomic E-state index is -0.525. The van der Waals surface area contributed by atoms with Crippen molar-refractivity contribution in [3.05, 3.63) is 100 Å². The van der Waals surface area contributed by atoms with Crippen molar-refractivity contribution in [1.29, 1.82) is 0 Å². The van der Waals surface area contributed by atoms with Crippen molar-refractivity contribution in [3.8, 4) is 5.95 Å². The summed E-state index contributed by atoms with van der Waals surface area (Å²) < 4.78 is 2.94. The SMILES string of the molecule is Cc1cc(NC(=O)C(c2ccccc2)c2ccccc2)n(-c2nc3c(cnn3C)c(=O)[nH]2)n1. The van der Waals surface area contributed by atoms with Crippen LogP contribution in [0, 0.1) is 6.92 Å². The van der Waals surface area contributed by atoms with Gasteiger partial charge in [0.2, 0.25) is 11.9 Å². The fourth-order valence-corrected chi connectivity index (χ4v) is 3.86. The Morgan fingerprint density at radius 1 is 1.03 bits per heavy atom. The first-order chi connectivity index (χ1) is 16.0. The number of H-pyrrole nitrogens is 1. The lowest BCUT2D eigenvalue weighted by molar-refractivity contribution is -0.116. The highest BCUT2D eigenvalue weighted by Crippen LogP contribution is 2.27. The summed E-state index contributed by atoms with van der Waals surface area (Å²) in [6, 6.07) is 20.9. The molecule has 0 spiro atoms. The van der Waals surface area contributed by atoms with Crippen LogP contribution >= 0.6 is 0 Å². The molecule has 0 radical (unpaired) electrons. The van der Waals surface area contributed by atoms with Crippen LogP contribution in [0.15, 0.2) is 77.7 Å². The van der Waals surface area contributed by atoms with Gasteiger partial charge in [0.1, 0.15) is 11.2 Å². The van der Waals surface area contributed by atoms with E-state index >= 15 is 0 Å². The highest BCUT2D eigenvalue weighted by molar-refractivity contribution is 5.97. The molecule has 3 heterocycles. The van der Waals surface area contributed by atoms with Crippen molar-refractivity contribution in [2.45, 2.75) is 12.8 Å². The third kappa shape index (κ3) is 3.80. The van der Waals surface area contributed by atoms with Gasteiger partial charge in [-0.25, -0.2) is 0 Å². The number of carbonyl (C=O) groups is 1. The Bertz CT molecular complexity index is 1460. The second kappa shape index (κ2) is 8.19. The summed E-state index contributed by atoms with van der Waals surface area (Å²) in [5.74, 6) is -0.158. The van der Waals surface area contributed by atoms with Crippen LogP contribution in [-0.2, 0) is 11.8 Å². The van der Waals surface area contributed by atoms with Gasteiger partial charge in [-0.15, -0.1) is 0 Å². The standard InChI is InChI=1S/C24H21N7O2/c1-15-13-19(31(29-15)24-27-21-18(22(32)28-24)14-25-30(21)2)26-23(33)20(16-9-5-3-6-10-16)17-11-7-4-8-12-17/h3-14,20H,1-2H3,(H,26,33)(H,27,28,32). The molecule has 0 aliphatic heterocycles. The van der Waals surface area contributed by atoms with Crippen LogP contribution in [-0.4, -0.2) is 35.4 Å². The molecule has 2 aromatic carbocycles. The highest BCUT2D eigenvalue weighted by Gasteiger charge is 2.24. The van der Waals surface area contributed by atoms with E-state index in [1.54, 1.807) is 20.0 Å². The number of hydrogen-bond donors (Lipinski definition) is 2. The van der Waals surface area contributed by atoms with E-state index in [4.69, 9.17) is 0 Å². The molecule has 1 amide bonds. The van der Waals surface area contributed by atoms with E-state index in [9.17, 15) is 9.59 Å². The molecular formula is C24H21N7O2. The first-order valence-electron chi connectivity index (χ1n) is 10.4. The number of hydrogen-bond acceptors (Lipinski definition) is 5. The Morgan fingerprint density at radius 2 is 1.67 bits per heavy atom. The molecule has 0 bridgehead atoms. The van der Waals surface area contributed by atoms with E-state index in [0.29, 0.717) is 22.5 Å². The number of amides is 1. The Kier molecular flexibility index (Phi) is 5.06. The zero-order chi connectivity index (χ0) is 22.9. The van der Waals surface area contributed by atoms with E-state index in [-0.39, 0.29) is 17.4 Å². The zero-order valence-corrected chi connectivity index (χ0v) is 18.1. The van der Waals surface area contributed by atoms with E-state index in [1.807, 2.05) is 60.7 Å². The molecule has 5 rings (SSSR count). The van der Waals surface area contributed by atoms with E-state index in [2.05, 4.69) is 25.5 Å². The first kappa shape index (κ1) is 20.4. The Hall–Kier alpha value is -4.53. The molecule has 0 saturated carbocycles. The predicted molar refractivity (Wildman–Crippen MR) is 124 cm³/mol. The molecule has 5 aromatic rings. The molecule has 9 heteroatoms. The van der Waals surface area contributed by atoms with E-state index in [1.165, 1.54) is 15.6 Å². The number of fused-ring (bicyclic) bond motifs is 1. The summed E-state index contributed by atoms with van der Waals surface area (Å²) in [7, 11) is 1.71. The second-order valence-corrected chi connectivity index (χ2v) is 7.72. The van der Waals surface area contributed by atoms with Gasteiger partial charge in [0.05, 0.1) is 17.8 Å². The molecule has 0 aliphatic carbocycles. The van der Waals surface area contributed by atoms with Crippen LogP contribution in [0.4, 0.5) is 5.82 Å². The Labute approximate surface area is 188 Å². The molecule has 0 unspecified atom stereocenters. The Balaban J connectivity index is 1.56. The summed E-state index contributed by atoms with van der Waals surface area (Å²) in [6.45, 7) is 1.80. The van der Waals surface area contributed by atoms with Crippen molar-refractivity contribution in [2.24, 2.45) is 7.05 Å². The van der Waals surface area contributed by atoms with Gasteiger partial charge >= 0.3 is 0 Å². The maximum absolute atomic E-state index is 13.5. The van der Waals surface area contributed by atoms with Gasteiger partial charge in [-0.1, -0.05) is 60.7 Å². The fourth-order valence-electron chi connectivity index (χ4n) is 3.86. The highest BCUT2D eigenvalue weighted by atomic mass is 16.2. The topological polar surface area (TPSA) is 110 Å². The van der Waals surface area contributed by atoms with Crippen molar-refractivity contribution in [3.63, 3.8) is 0 Å². The average molecular weight is 439 g/mol. The number of aromatic amines is 1. The molecule has 0 atom stereocenters. The van der Waals surface area contributed by atoms with E-state index < -0.39 is 5.92 Å². The zero-order valence-electron chi connectivity index (χ0n) is 18.1. The first-order valence-corrected chi connectivity index (χ1v) is 10.4. The second-order valence-electron chi connectivity index (χ2n) is 7.72. The molecule has 2 N–H and O–H groups in total. The van der Waals surface area contributed by atoms with Crippen LogP contribution in [0.1, 0.15) is 22.7 Å². The van der Waals surface area contributed by atoms with Gasteiger partial charge in [-0.2, -0.15) is 19.9 Å². The van der Waals surface area contributed by atoms with Gasteiger partial charge in [0.25, 0.3) is 5.56 Å². The summed E-state index contributed by atoms with van der Waals surface area (Å²) >= 11 is 0. The monoisotopic (exact) mass is 439 g/mol. The van der Waals surface area contributed by atoms with Crippen LogP contribution < -0.4 is 10.9 Å². The number of aryl methyl sites for hydroxylation is 2. The number of aromatic nitrogens is 6. The molecule has 9 nitrogen and oxygen atoms in total. The summed E-state index contributed by atoms with van der Waals surface area (Å²) in [4.78, 5) is 33.3. The lowest BCUT2D eigenvalue weighted by Gasteiger charge is -2.18. The predicted octanol–water partition coefficient (Wildman–Crippen LogP) is 2.92. The van der Waals surface area contributed by atoms with Gasteiger partial charge in [-0.3, -0.25) is 19.3 Å². The summed E-state index contributed by atoms with van der Waals surface area (Å²) in [6.07, 6.45) is 1.46. The normalized spacial score (nSPS) is 11.2. The van der Waals surface area contributed by atoms with Crippen molar-refractivity contribution < 1.29 is 4.79 Å². The molecule has 0 saturated heterocycles. The number of rotatable bonds is 5. The third-order valence-corrected chi connectivity index (χ3v) is 5.40. The maximum atomic E-state index is 13.5. The molecule has 3 aromatic heterocycles. The van der Waals surface area contributed by atoms with Crippen molar-refractivity contribution >= 4 is 22.8 Å². The average Bonchev–Trinajstić information content (AvgIpc) is 3.38. The van der Waals surface area contributed by atoms with Gasteiger partial charge in [-0.05, 0) is 18.1 Å². The van der Waals surface area contributed by atoms with Gasteiger partial charge < -0.3 is 5.32 Å². The Morgan fingerprint density at radius 3 is 2.30 bits per heavy atom. The van der Waals surface area contributed by atoms with Crippen LogP contribution in [0.2, 0.25) is 0 Å². The van der Waals surface area contributed by atoms with Crippen LogP contribution in [0.25, 0.3) is 17.0 Å². The van der Waals surface area contributed by atoms with Gasteiger partial charge in [0, 0.05) is 13.1 Å². The minimum Gasteiger partial charge on any atom is -0.310 e. The number of anilines is 1. The number of nitrogens with one attached hydrogen (secondary N) is 2. The molecule has 33 heavy (non-hydrogen) atoms. The molecule has 0 aliphatic rings. The van der Waals surface area contributed by atoms with Gasteiger partial charge in [0.15, 0.2) is 5.65 Å². The fraction of sp³-hybridized carbons (Fsp3) is 0.125. The quantitative estimate of drug-likeness (QED) is 0.438. The number of carbonyl (C=O) groups excluding carboxylic acids is 1. The lowest BCUT2D eigenvalue weighted by atomic mass is 9.90. The smallest absolute Gasteiger partial charge is 0.263 e.